The molecule has 3 nitrogen and oxygen atoms in total. The number of hydrogen-bond donors (Lipinski definition) is 1. The lowest BCUT2D eigenvalue weighted by Gasteiger charge is -2.09. The summed E-state index contributed by atoms with van der Waals surface area (Å²) in [5, 5.41) is 3.75. The van der Waals surface area contributed by atoms with Crippen LogP contribution in [0.2, 0.25) is 10.0 Å². The predicted molar refractivity (Wildman–Crippen MR) is 102 cm³/mol. The predicted octanol–water partition coefficient (Wildman–Crippen LogP) is 4.73. The Bertz CT molecular complexity index is 677. The maximum atomic E-state index is 11.8. The molecule has 1 amide bonds. The fraction of sp³-hybridized carbons (Fsp3) is 0.278. The van der Waals surface area contributed by atoms with E-state index in [1.807, 2.05) is 0 Å². The zero-order valence-electron chi connectivity index (χ0n) is 13.4. The first kappa shape index (κ1) is 19.0. The number of thioether (sulfide) groups is 1. The Morgan fingerprint density at radius 1 is 1.17 bits per heavy atom. The van der Waals surface area contributed by atoms with Crippen LogP contribution in [0.3, 0.4) is 0 Å². The molecule has 1 N–H and O–H groups in total. The highest BCUT2D eigenvalue weighted by Crippen LogP contribution is 2.27. The first-order valence-electron chi connectivity index (χ1n) is 7.52. The molecule has 24 heavy (non-hydrogen) atoms. The van der Waals surface area contributed by atoms with Gasteiger partial charge in [-0.25, -0.2) is 0 Å². The summed E-state index contributed by atoms with van der Waals surface area (Å²) in [4.78, 5) is 11.8. The maximum absolute atomic E-state index is 11.8. The molecule has 128 valence electrons. The van der Waals surface area contributed by atoms with Gasteiger partial charge in [0.2, 0.25) is 0 Å². The number of rotatable bonds is 8. The quantitative estimate of drug-likeness (QED) is 0.669. The summed E-state index contributed by atoms with van der Waals surface area (Å²) in [6, 6.07) is 13.4. The van der Waals surface area contributed by atoms with Crippen LogP contribution in [0.15, 0.2) is 42.5 Å². The summed E-state index contributed by atoms with van der Waals surface area (Å²) < 4.78 is 5.38. The van der Waals surface area contributed by atoms with Crippen LogP contribution in [0.1, 0.15) is 11.1 Å². The maximum Gasteiger partial charge on any atom is 0.257 e. The summed E-state index contributed by atoms with van der Waals surface area (Å²) in [6.45, 7) is 2.61. The third-order valence-electron chi connectivity index (χ3n) is 3.21. The summed E-state index contributed by atoms with van der Waals surface area (Å²) in [5.41, 5.74) is 2.55. The van der Waals surface area contributed by atoms with E-state index in [1.165, 1.54) is 11.1 Å². The zero-order chi connectivity index (χ0) is 17.4. The molecule has 0 radical (unpaired) electrons. The number of carbonyl (C=O) groups is 1. The van der Waals surface area contributed by atoms with Gasteiger partial charge in [0.1, 0.15) is 5.75 Å². The first-order chi connectivity index (χ1) is 11.5. The van der Waals surface area contributed by atoms with E-state index in [2.05, 4.69) is 36.5 Å². The molecule has 0 aliphatic rings. The lowest BCUT2D eigenvalue weighted by Crippen LogP contribution is -2.30. The zero-order valence-corrected chi connectivity index (χ0v) is 15.7. The van der Waals surface area contributed by atoms with Crippen molar-refractivity contribution in [1.82, 2.24) is 5.32 Å². The molecule has 0 fully saturated rings. The SMILES string of the molecule is Cc1ccc(CSCCNC(=O)COc2ccc(Cl)cc2Cl)cc1. The molecule has 0 heterocycles. The van der Waals surface area contributed by atoms with Gasteiger partial charge in [0, 0.05) is 23.1 Å². The molecule has 0 saturated carbocycles. The second kappa shape index (κ2) is 9.82. The van der Waals surface area contributed by atoms with Crippen LogP contribution in [0.5, 0.6) is 5.75 Å². The lowest BCUT2D eigenvalue weighted by atomic mass is 10.2. The average Bonchev–Trinajstić information content (AvgIpc) is 2.55. The van der Waals surface area contributed by atoms with E-state index < -0.39 is 0 Å². The van der Waals surface area contributed by atoms with Crippen molar-refractivity contribution in [1.29, 1.82) is 0 Å². The molecule has 0 bridgehead atoms. The van der Waals surface area contributed by atoms with Gasteiger partial charge in [-0.3, -0.25) is 4.79 Å². The minimum absolute atomic E-state index is 0.0655. The number of nitrogens with one attached hydrogen (secondary N) is 1. The van der Waals surface area contributed by atoms with Crippen molar-refractivity contribution in [3.8, 4) is 5.75 Å². The van der Waals surface area contributed by atoms with E-state index in [9.17, 15) is 4.79 Å². The van der Waals surface area contributed by atoms with E-state index in [-0.39, 0.29) is 12.5 Å². The Labute approximate surface area is 156 Å². The highest BCUT2D eigenvalue weighted by Gasteiger charge is 2.06. The number of benzene rings is 2. The summed E-state index contributed by atoms with van der Waals surface area (Å²) in [7, 11) is 0. The highest BCUT2D eigenvalue weighted by molar-refractivity contribution is 7.98. The standard InChI is InChI=1S/C18H19Cl2NO2S/c1-13-2-4-14(5-3-13)12-24-9-8-21-18(22)11-23-17-7-6-15(19)10-16(17)20/h2-7,10H,8-9,11-12H2,1H3,(H,21,22). The Hall–Kier alpha value is -1.36. The van der Waals surface area contributed by atoms with Crippen LogP contribution in [0.25, 0.3) is 0 Å². The molecule has 0 atom stereocenters. The Morgan fingerprint density at radius 3 is 2.62 bits per heavy atom. The number of amides is 1. The minimum Gasteiger partial charge on any atom is -0.482 e. The van der Waals surface area contributed by atoms with Gasteiger partial charge in [0.25, 0.3) is 5.91 Å². The van der Waals surface area contributed by atoms with Crippen LogP contribution in [-0.2, 0) is 10.5 Å². The smallest absolute Gasteiger partial charge is 0.257 e. The molecule has 6 heteroatoms. The minimum atomic E-state index is -0.169. The molecule has 0 aliphatic carbocycles. The molecule has 0 aliphatic heterocycles. The summed E-state index contributed by atoms with van der Waals surface area (Å²) in [5.74, 6) is 2.07. The average molecular weight is 384 g/mol. The number of carbonyl (C=O) groups excluding carboxylic acids is 1. The monoisotopic (exact) mass is 383 g/mol. The number of aryl methyl sites for hydroxylation is 1. The van der Waals surface area contributed by atoms with E-state index in [1.54, 1.807) is 30.0 Å². The van der Waals surface area contributed by atoms with Crippen LogP contribution in [-0.4, -0.2) is 24.8 Å². The van der Waals surface area contributed by atoms with Crippen LogP contribution >= 0.6 is 35.0 Å². The summed E-state index contributed by atoms with van der Waals surface area (Å²) >= 11 is 13.6. The largest absolute Gasteiger partial charge is 0.482 e. The van der Waals surface area contributed by atoms with E-state index in [0.29, 0.717) is 22.3 Å². The van der Waals surface area contributed by atoms with Crippen LogP contribution < -0.4 is 10.1 Å². The molecule has 0 saturated heterocycles. The van der Waals surface area contributed by atoms with Gasteiger partial charge >= 0.3 is 0 Å². The van der Waals surface area contributed by atoms with Gasteiger partial charge < -0.3 is 10.1 Å². The van der Waals surface area contributed by atoms with Crippen LogP contribution in [0, 0.1) is 6.92 Å². The Kier molecular flexibility index (Phi) is 7.76. The third-order valence-corrected chi connectivity index (χ3v) is 4.77. The molecule has 0 aromatic heterocycles. The van der Waals surface area contributed by atoms with Crippen molar-refractivity contribution in [2.24, 2.45) is 0 Å². The van der Waals surface area contributed by atoms with Gasteiger partial charge in [-0.1, -0.05) is 53.0 Å². The molecule has 2 aromatic carbocycles. The first-order valence-corrected chi connectivity index (χ1v) is 9.43. The highest BCUT2D eigenvalue weighted by atomic mass is 35.5. The normalized spacial score (nSPS) is 10.5. The van der Waals surface area contributed by atoms with Gasteiger partial charge in [-0.2, -0.15) is 11.8 Å². The number of ether oxygens (including phenoxy) is 1. The third kappa shape index (κ3) is 6.63. The van der Waals surface area contributed by atoms with E-state index >= 15 is 0 Å². The topological polar surface area (TPSA) is 38.3 Å². The fourth-order valence-corrected chi connectivity index (χ4v) is 3.21. The summed E-state index contributed by atoms with van der Waals surface area (Å²) in [6.07, 6.45) is 0. The molecular formula is C18H19Cl2NO2S. The Morgan fingerprint density at radius 2 is 1.92 bits per heavy atom. The van der Waals surface area contributed by atoms with Crippen molar-refractivity contribution in [3.05, 3.63) is 63.6 Å². The molecule has 2 aromatic rings. The molecule has 2 rings (SSSR count). The molecule has 0 unspecified atom stereocenters. The Balaban J connectivity index is 1.60. The number of halogens is 2. The van der Waals surface area contributed by atoms with Crippen LogP contribution in [0.4, 0.5) is 0 Å². The van der Waals surface area contributed by atoms with Crippen molar-refractivity contribution >= 4 is 40.9 Å². The van der Waals surface area contributed by atoms with E-state index in [0.717, 1.165) is 11.5 Å². The number of hydrogen-bond acceptors (Lipinski definition) is 3. The fourth-order valence-electron chi connectivity index (χ4n) is 1.92. The molecule has 0 spiro atoms. The van der Waals surface area contributed by atoms with Crippen molar-refractivity contribution < 1.29 is 9.53 Å². The van der Waals surface area contributed by atoms with Gasteiger partial charge in [0.15, 0.2) is 6.61 Å². The van der Waals surface area contributed by atoms with Gasteiger partial charge in [-0.15, -0.1) is 0 Å². The second-order valence-electron chi connectivity index (χ2n) is 5.25. The molecular weight excluding hydrogens is 365 g/mol. The second-order valence-corrected chi connectivity index (χ2v) is 7.20. The van der Waals surface area contributed by atoms with Gasteiger partial charge in [-0.05, 0) is 30.7 Å². The lowest BCUT2D eigenvalue weighted by molar-refractivity contribution is -0.122. The van der Waals surface area contributed by atoms with Crippen molar-refractivity contribution in [3.63, 3.8) is 0 Å². The van der Waals surface area contributed by atoms with Gasteiger partial charge in [0.05, 0.1) is 5.02 Å². The van der Waals surface area contributed by atoms with Crippen molar-refractivity contribution in [2.75, 3.05) is 18.9 Å². The van der Waals surface area contributed by atoms with Crippen molar-refractivity contribution in [2.45, 2.75) is 12.7 Å². The van der Waals surface area contributed by atoms with E-state index in [4.69, 9.17) is 27.9 Å².